The van der Waals surface area contributed by atoms with E-state index in [4.69, 9.17) is 5.73 Å². The van der Waals surface area contributed by atoms with Crippen molar-refractivity contribution in [3.05, 3.63) is 24.4 Å². The van der Waals surface area contributed by atoms with Crippen LogP contribution in [-0.2, 0) is 7.05 Å². The summed E-state index contributed by atoms with van der Waals surface area (Å²) in [5.41, 5.74) is 7.30. The number of rotatable bonds is 0. The maximum Gasteiger partial charge on any atom is 0.0943 e. The Labute approximate surface area is 88.7 Å². The van der Waals surface area contributed by atoms with E-state index in [1.54, 1.807) is 4.68 Å². The summed E-state index contributed by atoms with van der Waals surface area (Å²) in [4.78, 5) is 0. The van der Waals surface area contributed by atoms with Crippen LogP contribution in [0.4, 0.5) is 5.69 Å². The van der Waals surface area contributed by atoms with E-state index in [1.807, 2.05) is 31.4 Å². The van der Waals surface area contributed by atoms with Crippen LogP contribution < -0.4 is 5.73 Å². The number of aromatic nitrogens is 2. The van der Waals surface area contributed by atoms with Gasteiger partial charge in [-0.1, -0.05) is 0 Å². The Morgan fingerprint density at radius 1 is 1.31 bits per heavy atom. The van der Waals surface area contributed by atoms with Gasteiger partial charge in [-0.15, -0.1) is 24.8 Å². The second-order valence-electron chi connectivity index (χ2n) is 2.62. The highest BCUT2D eigenvalue weighted by molar-refractivity contribution is 5.85. The Bertz CT molecular complexity index is 397. The monoisotopic (exact) mass is 219 g/mol. The SMILES string of the molecule is Cl.Cl.Cn1cc2ccc(N)cc2n1. The molecule has 0 radical (unpaired) electrons. The van der Waals surface area contributed by atoms with E-state index in [-0.39, 0.29) is 24.8 Å². The lowest BCUT2D eigenvalue weighted by Gasteiger charge is -1.88. The van der Waals surface area contributed by atoms with E-state index < -0.39 is 0 Å². The molecule has 0 amide bonds. The molecule has 72 valence electrons. The van der Waals surface area contributed by atoms with Gasteiger partial charge >= 0.3 is 0 Å². The predicted molar refractivity (Wildman–Crippen MR) is 59.6 cm³/mol. The summed E-state index contributed by atoms with van der Waals surface area (Å²) in [6.45, 7) is 0. The van der Waals surface area contributed by atoms with Crippen molar-refractivity contribution in [3.8, 4) is 0 Å². The quantitative estimate of drug-likeness (QED) is 0.690. The van der Waals surface area contributed by atoms with Gasteiger partial charge in [0.05, 0.1) is 5.52 Å². The van der Waals surface area contributed by atoms with Gasteiger partial charge in [-0.2, -0.15) is 5.10 Å². The van der Waals surface area contributed by atoms with E-state index in [0.717, 1.165) is 16.6 Å². The molecule has 0 fully saturated rings. The van der Waals surface area contributed by atoms with Gasteiger partial charge in [-0.05, 0) is 18.2 Å². The molecule has 3 nitrogen and oxygen atoms in total. The first kappa shape index (κ1) is 12.1. The van der Waals surface area contributed by atoms with E-state index in [2.05, 4.69) is 5.10 Å². The highest BCUT2D eigenvalue weighted by Crippen LogP contribution is 2.14. The van der Waals surface area contributed by atoms with Crippen LogP contribution in [0, 0.1) is 0 Å². The lowest BCUT2D eigenvalue weighted by atomic mass is 10.2. The summed E-state index contributed by atoms with van der Waals surface area (Å²) in [7, 11) is 1.90. The number of hydrogen-bond acceptors (Lipinski definition) is 2. The number of fused-ring (bicyclic) bond motifs is 1. The molecule has 0 aliphatic rings. The van der Waals surface area contributed by atoms with Crippen molar-refractivity contribution >= 4 is 41.4 Å². The third-order valence-electron chi connectivity index (χ3n) is 1.65. The molecule has 5 heteroatoms. The molecule has 1 heterocycles. The minimum absolute atomic E-state index is 0. The van der Waals surface area contributed by atoms with Crippen LogP contribution in [-0.4, -0.2) is 9.78 Å². The summed E-state index contributed by atoms with van der Waals surface area (Å²) < 4.78 is 1.78. The molecule has 0 aliphatic carbocycles. The first-order chi connectivity index (χ1) is 5.25. The topological polar surface area (TPSA) is 43.8 Å². The van der Waals surface area contributed by atoms with E-state index in [9.17, 15) is 0 Å². The van der Waals surface area contributed by atoms with Gasteiger partial charge in [0.1, 0.15) is 0 Å². The standard InChI is InChI=1S/C8H9N3.2ClH/c1-11-5-6-2-3-7(9)4-8(6)10-11;;/h2-5H,9H2,1H3;2*1H. The zero-order chi connectivity index (χ0) is 7.84. The maximum absolute atomic E-state index is 5.58. The molecule has 2 aromatic rings. The third-order valence-corrected chi connectivity index (χ3v) is 1.65. The molecule has 0 spiro atoms. The molecule has 0 bridgehead atoms. The second kappa shape index (κ2) is 4.35. The van der Waals surface area contributed by atoms with Gasteiger partial charge in [-0.3, -0.25) is 4.68 Å². The molecular formula is C8H11Cl2N3. The fourth-order valence-corrected chi connectivity index (χ4v) is 1.16. The third kappa shape index (κ3) is 2.26. The Morgan fingerprint density at radius 2 is 2.00 bits per heavy atom. The van der Waals surface area contributed by atoms with Crippen LogP contribution in [0.25, 0.3) is 10.9 Å². The number of nitrogens with two attached hydrogens (primary N) is 1. The number of benzene rings is 1. The summed E-state index contributed by atoms with van der Waals surface area (Å²) in [5.74, 6) is 0. The van der Waals surface area contributed by atoms with Gasteiger partial charge in [0.25, 0.3) is 0 Å². The predicted octanol–water partition coefficient (Wildman–Crippen LogP) is 2.00. The summed E-state index contributed by atoms with van der Waals surface area (Å²) in [6, 6.07) is 5.72. The van der Waals surface area contributed by atoms with E-state index in [1.165, 1.54) is 0 Å². The van der Waals surface area contributed by atoms with Crippen molar-refractivity contribution in [2.75, 3.05) is 5.73 Å². The van der Waals surface area contributed by atoms with Gasteiger partial charge in [0, 0.05) is 24.3 Å². The fourth-order valence-electron chi connectivity index (χ4n) is 1.16. The molecule has 2 rings (SSSR count). The number of nitrogens with zero attached hydrogens (tertiary/aromatic N) is 2. The number of aryl methyl sites for hydroxylation is 1. The second-order valence-corrected chi connectivity index (χ2v) is 2.62. The molecule has 0 unspecified atom stereocenters. The Morgan fingerprint density at radius 3 is 2.69 bits per heavy atom. The molecule has 0 atom stereocenters. The van der Waals surface area contributed by atoms with Crippen LogP contribution in [0.2, 0.25) is 0 Å². The lowest BCUT2D eigenvalue weighted by Crippen LogP contribution is -1.85. The van der Waals surface area contributed by atoms with Crippen molar-refractivity contribution in [1.82, 2.24) is 9.78 Å². The highest BCUT2D eigenvalue weighted by atomic mass is 35.5. The molecular weight excluding hydrogens is 209 g/mol. The highest BCUT2D eigenvalue weighted by Gasteiger charge is 1.96. The Hall–Kier alpha value is -0.930. The minimum Gasteiger partial charge on any atom is -0.399 e. The van der Waals surface area contributed by atoms with E-state index >= 15 is 0 Å². The number of nitrogen functional groups attached to an aromatic ring is 1. The average Bonchev–Trinajstić information content (AvgIpc) is 2.27. The largest absolute Gasteiger partial charge is 0.399 e. The molecule has 2 N–H and O–H groups in total. The number of anilines is 1. The van der Waals surface area contributed by atoms with E-state index in [0.29, 0.717) is 0 Å². The van der Waals surface area contributed by atoms with Crippen molar-refractivity contribution in [1.29, 1.82) is 0 Å². The molecule has 0 aliphatic heterocycles. The van der Waals surface area contributed by atoms with Gasteiger partial charge in [0.2, 0.25) is 0 Å². The van der Waals surface area contributed by atoms with Crippen LogP contribution in [0.15, 0.2) is 24.4 Å². The average molecular weight is 220 g/mol. The van der Waals surface area contributed by atoms with Gasteiger partial charge in [-0.25, -0.2) is 0 Å². The smallest absolute Gasteiger partial charge is 0.0943 e. The van der Waals surface area contributed by atoms with Crippen molar-refractivity contribution in [2.45, 2.75) is 0 Å². The Balaban J connectivity index is 0.000000720. The van der Waals surface area contributed by atoms with Crippen LogP contribution in [0.3, 0.4) is 0 Å². The summed E-state index contributed by atoms with van der Waals surface area (Å²) in [6.07, 6.45) is 1.97. The Kier molecular flexibility index (Phi) is 4.04. The first-order valence-electron chi connectivity index (χ1n) is 3.44. The zero-order valence-electron chi connectivity index (χ0n) is 7.10. The molecule has 0 saturated carbocycles. The zero-order valence-corrected chi connectivity index (χ0v) is 8.73. The first-order valence-corrected chi connectivity index (χ1v) is 3.44. The molecule has 1 aromatic heterocycles. The molecule has 13 heavy (non-hydrogen) atoms. The van der Waals surface area contributed by atoms with Gasteiger partial charge < -0.3 is 5.73 Å². The van der Waals surface area contributed by atoms with Crippen molar-refractivity contribution in [2.24, 2.45) is 7.05 Å². The fraction of sp³-hybridized carbons (Fsp3) is 0.125. The van der Waals surface area contributed by atoms with Gasteiger partial charge in [0.15, 0.2) is 0 Å². The maximum atomic E-state index is 5.58. The minimum atomic E-state index is 0. The van der Waals surface area contributed by atoms with Crippen molar-refractivity contribution < 1.29 is 0 Å². The van der Waals surface area contributed by atoms with Crippen LogP contribution in [0.5, 0.6) is 0 Å². The van der Waals surface area contributed by atoms with Crippen molar-refractivity contribution in [3.63, 3.8) is 0 Å². The number of hydrogen-bond donors (Lipinski definition) is 1. The summed E-state index contributed by atoms with van der Waals surface area (Å²) in [5, 5.41) is 5.34. The number of halogens is 2. The molecule has 0 saturated heterocycles. The summed E-state index contributed by atoms with van der Waals surface area (Å²) >= 11 is 0. The van der Waals surface area contributed by atoms with Crippen LogP contribution in [0.1, 0.15) is 0 Å². The lowest BCUT2D eigenvalue weighted by molar-refractivity contribution is 0.780. The molecule has 1 aromatic carbocycles. The van der Waals surface area contributed by atoms with Crippen LogP contribution >= 0.6 is 24.8 Å². The normalized spacial score (nSPS) is 9.00.